The largest absolute Gasteiger partial charge is 0.464 e. The van der Waals surface area contributed by atoms with Gasteiger partial charge in [-0.3, -0.25) is 0 Å². The monoisotopic (exact) mass is 316 g/mol. The zero-order valence-electron chi connectivity index (χ0n) is 12.8. The number of furan rings is 1. The van der Waals surface area contributed by atoms with Crippen molar-refractivity contribution in [3.63, 3.8) is 0 Å². The summed E-state index contributed by atoms with van der Waals surface area (Å²) in [5.74, 6) is 1.28. The third-order valence-electron chi connectivity index (χ3n) is 3.78. The van der Waals surface area contributed by atoms with Gasteiger partial charge in [-0.05, 0) is 26.8 Å². The zero-order valence-corrected chi connectivity index (χ0v) is 13.6. The van der Waals surface area contributed by atoms with Gasteiger partial charge in [0, 0.05) is 24.6 Å². The first-order chi connectivity index (χ1) is 9.94. The van der Waals surface area contributed by atoms with Gasteiger partial charge in [0.05, 0.1) is 13.2 Å². The van der Waals surface area contributed by atoms with Crippen molar-refractivity contribution in [1.82, 2.24) is 10.0 Å². The molecule has 1 aliphatic heterocycles. The Kier molecular flexibility index (Phi) is 5.43. The first-order valence-corrected chi connectivity index (χ1v) is 8.82. The van der Waals surface area contributed by atoms with Crippen molar-refractivity contribution in [1.29, 1.82) is 0 Å². The molecule has 7 heteroatoms. The van der Waals surface area contributed by atoms with Gasteiger partial charge in [-0.1, -0.05) is 6.92 Å². The Bertz CT molecular complexity index is 562. The van der Waals surface area contributed by atoms with Crippen LogP contribution in [0.3, 0.4) is 0 Å². The maximum Gasteiger partial charge on any atom is 0.244 e. The molecule has 2 heterocycles. The quantitative estimate of drug-likeness (QED) is 0.795. The smallest absolute Gasteiger partial charge is 0.244 e. The fraction of sp³-hybridized carbons (Fsp3) is 0.714. The van der Waals surface area contributed by atoms with E-state index in [0.29, 0.717) is 31.3 Å². The van der Waals surface area contributed by atoms with E-state index in [2.05, 4.69) is 10.0 Å². The molecule has 1 fully saturated rings. The number of nitrogens with one attached hydrogen (secondary N) is 2. The standard InChI is InChI=1S/C14H24N2O4S/c1-4-15-8-13-7-14(11(3)20-13)21(17,18)16-10(2)12-5-6-19-9-12/h7,10,12,15-16H,4-6,8-9H2,1-3H3. The molecule has 1 aliphatic rings. The minimum atomic E-state index is -3.56. The van der Waals surface area contributed by atoms with Crippen LogP contribution < -0.4 is 10.0 Å². The van der Waals surface area contributed by atoms with E-state index in [-0.39, 0.29) is 16.9 Å². The molecule has 1 aromatic rings. The van der Waals surface area contributed by atoms with E-state index in [4.69, 9.17) is 9.15 Å². The molecule has 0 saturated carbocycles. The average molecular weight is 316 g/mol. The highest BCUT2D eigenvalue weighted by atomic mass is 32.2. The zero-order chi connectivity index (χ0) is 15.5. The van der Waals surface area contributed by atoms with Crippen molar-refractivity contribution in [3.05, 3.63) is 17.6 Å². The molecule has 1 aromatic heterocycles. The van der Waals surface area contributed by atoms with Crippen LogP contribution in [0.5, 0.6) is 0 Å². The predicted molar refractivity (Wildman–Crippen MR) is 79.5 cm³/mol. The lowest BCUT2D eigenvalue weighted by atomic mass is 10.0. The van der Waals surface area contributed by atoms with E-state index in [1.807, 2.05) is 13.8 Å². The van der Waals surface area contributed by atoms with Crippen molar-refractivity contribution >= 4 is 10.0 Å². The Hall–Kier alpha value is -0.890. The summed E-state index contributed by atoms with van der Waals surface area (Å²) in [6.07, 6.45) is 0.889. The van der Waals surface area contributed by atoms with Crippen LogP contribution in [0.2, 0.25) is 0 Å². The van der Waals surface area contributed by atoms with Gasteiger partial charge in [0.1, 0.15) is 16.4 Å². The van der Waals surface area contributed by atoms with Crippen LogP contribution in [0.15, 0.2) is 15.4 Å². The Balaban J connectivity index is 2.09. The van der Waals surface area contributed by atoms with Gasteiger partial charge in [-0.2, -0.15) is 0 Å². The van der Waals surface area contributed by atoms with Gasteiger partial charge >= 0.3 is 0 Å². The maximum atomic E-state index is 12.5. The third-order valence-corrected chi connectivity index (χ3v) is 5.44. The summed E-state index contributed by atoms with van der Waals surface area (Å²) in [4.78, 5) is 0.223. The molecule has 0 amide bonds. The average Bonchev–Trinajstić information content (AvgIpc) is 3.05. The second kappa shape index (κ2) is 6.91. The van der Waals surface area contributed by atoms with E-state index in [9.17, 15) is 8.42 Å². The van der Waals surface area contributed by atoms with Crippen LogP contribution in [-0.4, -0.2) is 34.2 Å². The normalized spacial score (nSPS) is 20.8. The van der Waals surface area contributed by atoms with Gasteiger partial charge in [0.2, 0.25) is 10.0 Å². The van der Waals surface area contributed by atoms with Crippen molar-refractivity contribution in [2.24, 2.45) is 5.92 Å². The molecule has 2 atom stereocenters. The molecule has 120 valence electrons. The highest BCUT2D eigenvalue weighted by Gasteiger charge is 2.28. The SMILES string of the molecule is CCNCc1cc(S(=O)(=O)NC(C)C2CCOC2)c(C)o1. The van der Waals surface area contributed by atoms with Gasteiger partial charge < -0.3 is 14.5 Å². The summed E-state index contributed by atoms with van der Waals surface area (Å²) < 4.78 is 38.5. The summed E-state index contributed by atoms with van der Waals surface area (Å²) in [5.41, 5.74) is 0. The molecule has 0 aliphatic carbocycles. The third kappa shape index (κ3) is 4.06. The lowest BCUT2D eigenvalue weighted by Gasteiger charge is -2.18. The van der Waals surface area contributed by atoms with E-state index in [1.165, 1.54) is 0 Å². The lowest BCUT2D eigenvalue weighted by molar-refractivity contribution is 0.180. The van der Waals surface area contributed by atoms with Crippen molar-refractivity contribution in [3.8, 4) is 0 Å². The van der Waals surface area contributed by atoms with Crippen molar-refractivity contribution in [2.45, 2.75) is 44.7 Å². The van der Waals surface area contributed by atoms with Gasteiger partial charge in [0.25, 0.3) is 0 Å². The first-order valence-electron chi connectivity index (χ1n) is 7.34. The molecule has 0 aromatic carbocycles. The molecule has 6 nitrogen and oxygen atoms in total. The summed E-state index contributed by atoms with van der Waals surface area (Å²) in [6, 6.07) is 1.45. The summed E-state index contributed by atoms with van der Waals surface area (Å²) in [6.45, 7) is 8.19. The molecule has 2 rings (SSSR count). The highest BCUT2D eigenvalue weighted by Crippen LogP contribution is 2.22. The van der Waals surface area contributed by atoms with Crippen LogP contribution in [0, 0.1) is 12.8 Å². The number of hydrogen-bond donors (Lipinski definition) is 2. The van der Waals surface area contributed by atoms with Crippen LogP contribution in [0.25, 0.3) is 0 Å². The second-order valence-electron chi connectivity index (χ2n) is 5.45. The lowest BCUT2D eigenvalue weighted by Crippen LogP contribution is -2.38. The van der Waals surface area contributed by atoms with Crippen molar-refractivity contribution in [2.75, 3.05) is 19.8 Å². The summed E-state index contributed by atoms with van der Waals surface area (Å²) in [5, 5.41) is 3.12. The summed E-state index contributed by atoms with van der Waals surface area (Å²) >= 11 is 0. The Morgan fingerprint density at radius 2 is 2.24 bits per heavy atom. The Labute approximate surface area is 126 Å². The molecule has 0 spiro atoms. The van der Waals surface area contributed by atoms with Crippen molar-refractivity contribution < 1.29 is 17.6 Å². The minimum Gasteiger partial charge on any atom is -0.464 e. The van der Waals surface area contributed by atoms with Crippen LogP contribution >= 0.6 is 0 Å². The molecular formula is C14H24N2O4S. The topological polar surface area (TPSA) is 80.6 Å². The van der Waals surface area contributed by atoms with Gasteiger partial charge in [-0.25, -0.2) is 13.1 Å². The van der Waals surface area contributed by atoms with Crippen LogP contribution in [0.1, 0.15) is 31.8 Å². The molecule has 2 unspecified atom stereocenters. The Morgan fingerprint density at radius 1 is 1.48 bits per heavy atom. The molecule has 0 bridgehead atoms. The predicted octanol–water partition coefficient (Wildman–Crippen LogP) is 1.40. The van der Waals surface area contributed by atoms with E-state index in [1.54, 1.807) is 13.0 Å². The molecular weight excluding hydrogens is 292 g/mol. The Morgan fingerprint density at radius 3 is 2.86 bits per heavy atom. The van der Waals surface area contributed by atoms with Gasteiger partial charge in [0.15, 0.2) is 0 Å². The highest BCUT2D eigenvalue weighted by molar-refractivity contribution is 7.89. The number of sulfonamides is 1. The fourth-order valence-corrected chi connectivity index (χ4v) is 3.99. The van der Waals surface area contributed by atoms with Crippen LogP contribution in [-0.2, 0) is 21.3 Å². The van der Waals surface area contributed by atoms with E-state index in [0.717, 1.165) is 13.0 Å². The number of ether oxygens (including phenoxy) is 1. The second-order valence-corrected chi connectivity index (χ2v) is 7.13. The number of aryl methyl sites for hydroxylation is 1. The van der Waals surface area contributed by atoms with E-state index >= 15 is 0 Å². The molecule has 0 radical (unpaired) electrons. The van der Waals surface area contributed by atoms with E-state index < -0.39 is 10.0 Å². The summed E-state index contributed by atoms with van der Waals surface area (Å²) in [7, 11) is -3.56. The van der Waals surface area contributed by atoms with Crippen LogP contribution in [0.4, 0.5) is 0 Å². The molecule has 1 saturated heterocycles. The fourth-order valence-electron chi connectivity index (χ4n) is 2.48. The molecule has 21 heavy (non-hydrogen) atoms. The molecule has 2 N–H and O–H groups in total. The first kappa shape index (κ1) is 16.5. The van der Waals surface area contributed by atoms with Gasteiger partial charge in [-0.15, -0.1) is 0 Å². The number of hydrogen-bond acceptors (Lipinski definition) is 5. The minimum absolute atomic E-state index is 0.149. The maximum absolute atomic E-state index is 12.5. The number of rotatable bonds is 7.